The van der Waals surface area contributed by atoms with E-state index in [0.717, 1.165) is 6.42 Å². The van der Waals surface area contributed by atoms with Gasteiger partial charge in [-0.3, -0.25) is 19.2 Å². The van der Waals surface area contributed by atoms with Crippen LogP contribution < -0.4 is 9.47 Å². The van der Waals surface area contributed by atoms with E-state index in [1.54, 1.807) is 6.07 Å². The number of halogens is 1. The van der Waals surface area contributed by atoms with Crippen molar-refractivity contribution < 1.29 is 33.4 Å². The van der Waals surface area contributed by atoms with Crippen LogP contribution in [0.2, 0.25) is 0 Å². The Morgan fingerprint density at radius 1 is 1.06 bits per heavy atom. The number of Topliss-reactive ketones (excluding diaryl/α,β-unsaturated/α-hetero) is 1. The van der Waals surface area contributed by atoms with E-state index in [1.165, 1.54) is 21.0 Å². The molecule has 1 aromatic rings. The summed E-state index contributed by atoms with van der Waals surface area (Å²) < 4.78 is 16.6. The van der Waals surface area contributed by atoms with Crippen LogP contribution in [0.4, 0.5) is 0 Å². The van der Waals surface area contributed by atoms with Gasteiger partial charge in [0.2, 0.25) is 0 Å². The van der Waals surface area contributed by atoms with Gasteiger partial charge in [0.1, 0.15) is 5.41 Å². The maximum Gasteiger partial charge on any atom is 0.316 e. The number of benzene rings is 1. The van der Waals surface area contributed by atoms with Crippen molar-refractivity contribution in [1.29, 1.82) is 0 Å². The van der Waals surface area contributed by atoms with Crippen molar-refractivity contribution in [2.24, 2.45) is 11.3 Å². The maximum atomic E-state index is 13.7. The van der Waals surface area contributed by atoms with E-state index in [-0.39, 0.29) is 34.3 Å². The van der Waals surface area contributed by atoms with Crippen LogP contribution >= 0.6 is 15.9 Å². The highest BCUT2D eigenvalue weighted by Crippen LogP contribution is 2.62. The lowest BCUT2D eigenvalue weighted by atomic mass is 9.49. The van der Waals surface area contributed by atoms with Gasteiger partial charge in [0, 0.05) is 36.5 Å². The summed E-state index contributed by atoms with van der Waals surface area (Å²) in [6, 6.07) is 1.67. The first-order chi connectivity index (χ1) is 15.3. The first-order valence-corrected chi connectivity index (χ1v) is 12.1. The molecule has 1 saturated carbocycles. The Bertz CT molecular complexity index is 1030. The minimum absolute atomic E-state index is 0.0419. The molecule has 0 bridgehead atoms. The Hall–Kier alpha value is -2.22. The van der Waals surface area contributed by atoms with Gasteiger partial charge >= 0.3 is 17.9 Å². The molecule has 1 unspecified atom stereocenters. The zero-order valence-electron chi connectivity index (χ0n) is 20.2. The molecule has 0 aromatic heterocycles. The first-order valence-electron chi connectivity index (χ1n) is 11.1. The number of ether oxygens (including phenoxy) is 3. The molecule has 3 rings (SSSR count). The van der Waals surface area contributed by atoms with Crippen molar-refractivity contribution in [1.82, 2.24) is 0 Å². The van der Waals surface area contributed by atoms with Crippen LogP contribution in [0, 0.1) is 11.3 Å². The van der Waals surface area contributed by atoms with Crippen LogP contribution in [0.5, 0.6) is 11.5 Å². The number of alkyl halides is 1. The number of methoxy groups -OCH3 is 1. The van der Waals surface area contributed by atoms with Crippen LogP contribution in [0.15, 0.2) is 6.07 Å². The molecule has 1 fully saturated rings. The van der Waals surface area contributed by atoms with Gasteiger partial charge in [-0.2, -0.15) is 0 Å². The van der Waals surface area contributed by atoms with Crippen LogP contribution in [-0.2, 0) is 24.5 Å². The van der Waals surface area contributed by atoms with Crippen molar-refractivity contribution in [3.8, 4) is 11.5 Å². The van der Waals surface area contributed by atoms with Gasteiger partial charge in [0.15, 0.2) is 17.3 Å². The molecular weight excluding hydrogens is 492 g/mol. The summed E-state index contributed by atoms with van der Waals surface area (Å²) in [5, 5.41) is 0. The highest BCUT2D eigenvalue weighted by molar-refractivity contribution is 9.10. The molecule has 2 aliphatic rings. The third-order valence-corrected chi connectivity index (χ3v) is 7.89. The highest BCUT2D eigenvalue weighted by Gasteiger charge is 2.64. The molecule has 0 aliphatic heterocycles. The fraction of sp³-hybridized carbons (Fsp3) is 0.600. The second kappa shape index (κ2) is 8.85. The number of hydrogen-bond donors (Lipinski definition) is 0. The molecule has 180 valence electrons. The number of esters is 3. The van der Waals surface area contributed by atoms with Gasteiger partial charge in [-0.05, 0) is 30.2 Å². The summed E-state index contributed by atoms with van der Waals surface area (Å²) in [4.78, 5) is 50.9. The van der Waals surface area contributed by atoms with Crippen molar-refractivity contribution in [2.45, 2.75) is 77.0 Å². The molecule has 1 aromatic carbocycles. The van der Waals surface area contributed by atoms with Crippen molar-refractivity contribution >= 4 is 39.6 Å². The van der Waals surface area contributed by atoms with Crippen LogP contribution in [0.25, 0.3) is 0 Å². The van der Waals surface area contributed by atoms with E-state index in [0.29, 0.717) is 18.4 Å². The Balaban J connectivity index is 2.55. The Morgan fingerprint density at radius 2 is 1.64 bits per heavy atom. The number of ketones is 1. The molecule has 0 heterocycles. The second-order valence-electron chi connectivity index (χ2n) is 9.94. The first kappa shape index (κ1) is 25.4. The molecule has 8 heteroatoms. The van der Waals surface area contributed by atoms with E-state index in [1.807, 2.05) is 27.7 Å². The normalized spacial score (nSPS) is 25.7. The lowest BCUT2D eigenvalue weighted by Crippen LogP contribution is -2.60. The molecule has 0 amide bonds. The number of carbonyl (C=O) groups excluding carboxylic acids is 4. The number of hydrogen-bond acceptors (Lipinski definition) is 7. The van der Waals surface area contributed by atoms with Crippen molar-refractivity contribution in [2.75, 3.05) is 7.11 Å². The summed E-state index contributed by atoms with van der Waals surface area (Å²) >= 11 is 3.62. The van der Waals surface area contributed by atoms with Gasteiger partial charge in [0.05, 0.1) is 11.9 Å². The summed E-state index contributed by atoms with van der Waals surface area (Å²) in [5.41, 5.74) is -0.555. The molecule has 0 N–H and O–H groups in total. The lowest BCUT2D eigenvalue weighted by Gasteiger charge is -2.55. The number of carbonyl (C=O) groups is 4. The molecule has 2 aliphatic carbocycles. The fourth-order valence-electron chi connectivity index (χ4n) is 5.76. The summed E-state index contributed by atoms with van der Waals surface area (Å²) in [5.74, 6) is -2.54. The minimum Gasteiger partial charge on any atom is -0.468 e. The summed E-state index contributed by atoms with van der Waals surface area (Å²) in [7, 11) is 1.32. The molecule has 0 saturated heterocycles. The van der Waals surface area contributed by atoms with Crippen LogP contribution in [-0.4, -0.2) is 35.6 Å². The zero-order valence-corrected chi connectivity index (χ0v) is 21.8. The molecular formula is C25H31BrO7. The van der Waals surface area contributed by atoms with Gasteiger partial charge in [-0.25, -0.2) is 0 Å². The SMILES string of the molecule is COC(=O)[C@]12CCCC(C)(C)[C@@H]1C(Br)C(=O)c1cc(C(C)C)c(OC(C)=O)c(OC(C)=O)c12. The number of fused-ring (bicyclic) bond motifs is 3. The zero-order chi connectivity index (χ0) is 24.9. The van der Waals surface area contributed by atoms with Crippen molar-refractivity contribution in [3.05, 3.63) is 22.8 Å². The summed E-state index contributed by atoms with van der Waals surface area (Å²) in [6.45, 7) is 10.3. The Morgan fingerprint density at radius 3 is 2.15 bits per heavy atom. The number of rotatable bonds is 4. The van der Waals surface area contributed by atoms with Gasteiger partial charge in [-0.15, -0.1) is 0 Å². The largest absolute Gasteiger partial charge is 0.468 e. The lowest BCUT2D eigenvalue weighted by molar-refractivity contribution is -0.155. The standard InChI is InChI=1S/C25H31BrO7/c1-12(2)15-11-16-17(21(33-14(4)28)20(15)32-13(3)27)25(23(30)31-7)10-8-9-24(5,6)22(25)18(26)19(16)29/h11-12,18,22H,8-10H2,1-7H3/t18?,22-,25-/m0/s1. The summed E-state index contributed by atoms with van der Waals surface area (Å²) in [6.07, 6.45) is 1.93. The van der Waals surface area contributed by atoms with Gasteiger partial charge in [0.25, 0.3) is 0 Å². The smallest absolute Gasteiger partial charge is 0.316 e. The third kappa shape index (κ3) is 4.00. The average molecular weight is 523 g/mol. The second-order valence-corrected chi connectivity index (χ2v) is 10.9. The van der Waals surface area contributed by atoms with Gasteiger partial charge < -0.3 is 14.2 Å². The van der Waals surface area contributed by atoms with E-state index in [2.05, 4.69) is 15.9 Å². The van der Waals surface area contributed by atoms with E-state index < -0.39 is 39.5 Å². The van der Waals surface area contributed by atoms with Crippen LogP contribution in [0.1, 0.15) is 88.2 Å². The topological polar surface area (TPSA) is 96.0 Å². The Kier molecular flexibility index (Phi) is 6.82. The monoisotopic (exact) mass is 522 g/mol. The molecule has 0 radical (unpaired) electrons. The predicted molar refractivity (Wildman–Crippen MR) is 125 cm³/mol. The molecule has 7 nitrogen and oxygen atoms in total. The van der Waals surface area contributed by atoms with E-state index >= 15 is 0 Å². The third-order valence-electron chi connectivity index (χ3n) is 6.95. The van der Waals surface area contributed by atoms with Crippen molar-refractivity contribution in [3.63, 3.8) is 0 Å². The fourth-order valence-corrected chi connectivity index (χ4v) is 7.17. The minimum atomic E-state index is -1.26. The molecule has 33 heavy (non-hydrogen) atoms. The van der Waals surface area contributed by atoms with E-state index in [4.69, 9.17) is 14.2 Å². The average Bonchev–Trinajstić information content (AvgIpc) is 2.70. The predicted octanol–water partition coefficient (Wildman–Crippen LogP) is 4.86. The quantitative estimate of drug-likeness (QED) is 0.316. The molecule has 0 spiro atoms. The highest BCUT2D eigenvalue weighted by atomic mass is 79.9. The Labute approximate surface area is 202 Å². The van der Waals surface area contributed by atoms with Gasteiger partial charge in [-0.1, -0.05) is 50.0 Å². The van der Waals surface area contributed by atoms with Crippen LogP contribution in [0.3, 0.4) is 0 Å². The molecule has 3 atom stereocenters. The maximum absolute atomic E-state index is 13.7. The van der Waals surface area contributed by atoms with E-state index in [9.17, 15) is 19.2 Å².